The summed E-state index contributed by atoms with van der Waals surface area (Å²) < 4.78 is 18.6. The number of aliphatic hydroxyl groups excluding tert-OH is 3. The number of hydrogen-bond donors (Lipinski definition) is 3. The summed E-state index contributed by atoms with van der Waals surface area (Å²) in [5.41, 5.74) is 1.51. The molecular formula is C25H32N4O7. The van der Waals surface area contributed by atoms with E-state index in [-0.39, 0.29) is 12.6 Å². The summed E-state index contributed by atoms with van der Waals surface area (Å²) in [7, 11) is 1.48. The molecule has 0 spiro atoms. The van der Waals surface area contributed by atoms with Gasteiger partial charge in [0.05, 0.1) is 32.4 Å². The molecule has 1 aliphatic rings. The fourth-order valence-corrected chi connectivity index (χ4v) is 4.47. The molecule has 11 heteroatoms. The Balaban J connectivity index is 1.75. The molecule has 3 N–H and O–H groups in total. The molecule has 1 aliphatic heterocycles. The van der Waals surface area contributed by atoms with Crippen molar-refractivity contribution in [2.24, 2.45) is 0 Å². The van der Waals surface area contributed by atoms with Crippen LogP contribution in [-0.2, 0) is 22.8 Å². The first-order valence-electron chi connectivity index (χ1n) is 11.6. The second-order valence-corrected chi connectivity index (χ2v) is 9.66. The molecule has 0 saturated carbocycles. The van der Waals surface area contributed by atoms with Gasteiger partial charge in [-0.15, -0.1) is 0 Å². The van der Waals surface area contributed by atoms with Gasteiger partial charge in [-0.3, -0.25) is 4.90 Å². The molecule has 1 aromatic carbocycles. The van der Waals surface area contributed by atoms with Crippen molar-refractivity contribution in [2.75, 3.05) is 13.7 Å². The lowest BCUT2D eigenvalue weighted by molar-refractivity contribution is -0.000836. The summed E-state index contributed by atoms with van der Waals surface area (Å²) in [6, 6.07) is 7.55. The van der Waals surface area contributed by atoms with Crippen LogP contribution >= 0.6 is 0 Å². The number of amides is 1. The molecule has 3 aromatic rings. The van der Waals surface area contributed by atoms with Crippen LogP contribution in [0.4, 0.5) is 4.79 Å². The van der Waals surface area contributed by atoms with Gasteiger partial charge in [0.2, 0.25) is 5.88 Å². The molecule has 0 radical (unpaired) electrons. The maximum atomic E-state index is 13.2. The monoisotopic (exact) mass is 500 g/mol. The first-order chi connectivity index (χ1) is 17.2. The highest BCUT2D eigenvalue weighted by Crippen LogP contribution is 2.42. The fraction of sp³-hybridized carbons (Fsp3) is 0.480. The van der Waals surface area contributed by atoms with Gasteiger partial charge in [0, 0.05) is 11.8 Å². The largest absolute Gasteiger partial charge is 0.479 e. The number of benzene rings is 1. The van der Waals surface area contributed by atoms with E-state index in [0.29, 0.717) is 23.2 Å². The van der Waals surface area contributed by atoms with E-state index in [9.17, 15) is 20.1 Å². The maximum absolute atomic E-state index is 13.2. The number of aliphatic hydroxyl groups is 3. The third-order valence-corrected chi connectivity index (χ3v) is 6.01. The van der Waals surface area contributed by atoms with Crippen molar-refractivity contribution in [2.45, 2.75) is 64.0 Å². The van der Waals surface area contributed by atoms with Gasteiger partial charge in [-0.25, -0.2) is 9.78 Å². The van der Waals surface area contributed by atoms with Crippen molar-refractivity contribution in [1.82, 2.24) is 19.4 Å². The topological polar surface area (TPSA) is 139 Å². The van der Waals surface area contributed by atoms with Gasteiger partial charge < -0.3 is 34.1 Å². The Morgan fingerprint density at radius 2 is 1.83 bits per heavy atom. The third kappa shape index (κ3) is 5.00. The summed E-state index contributed by atoms with van der Waals surface area (Å²) in [4.78, 5) is 23.0. The van der Waals surface area contributed by atoms with Crippen molar-refractivity contribution >= 4 is 17.1 Å². The fourth-order valence-electron chi connectivity index (χ4n) is 4.47. The van der Waals surface area contributed by atoms with Crippen LogP contribution in [0.2, 0.25) is 0 Å². The van der Waals surface area contributed by atoms with Gasteiger partial charge in [0.15, 0.2) is 0 Å². The second kappa shape index (κ2) is 10.4. The van der Waals surface area contributed by atoms with E-state index in [1.54, 1.807) is 31.5 Å². The van der Waals surface area contributed by atoms with Crippen molar-refractivity contribution in [3.63, 3.8) is 0 Å². The molecular weight excluding hydrogens is 468 g/mol. The van der Waals surface area contributed by atoms with E-state index in [1.807, 2.05) is 30.3 Å². The zero-order valence-corrected chi connectivity index (χ0v) is 20.7. The van der Waals surface area contributed by atoms with Crippen LogP contribution in [0.1, 0.15) is 37.9 Å². The van der Waals surface area contributed by atoms with E-state index >= 15 is 0 Å². The average molecular weight is 501 g/mol. The van der Waals surface area contributed by atoms with E-state index in [2.05, 4.69) is 9.97 Å². The van der Waals surface area contributed by atoms with Gasteiger partial charge in [0.25, 0.3) is 0 Å². The number of carbonyl (C=O) groups is 1. The van der Waals surface area contributed by atoms with Gasteiger partial charge >= 0.3 is 6.09 Å². The molecule has 36 heavy (non-hydrogen) atoms. The van der Waals surface area contributed by atoms with E-state index < -0.39 is 42.6 Å². The summed E-state index contributed by atoms with van der Waals surface area (Å²) in [5, 5.41) is 31.7. The van der Waals surface area contributed by atoms with Gasteiger partial charge in [-0.1, -0.05) is 30.3 Å². The third-order valence-electron chi connectivity index (χ3n) is 6.01. The maximum Gasteiger partial charge on any atom is 0.411 e. The summed E-state index contributed by atoms with van der Waals surface area (Å²) in [5.74, 6) is 0.283. The molecule has 1 saturated heterocycles. The van der Waals surface area contributed by atoms with E-state index in [1.165, 1.54) is 18.3 Å². The Morgan fingerprint density at radius 3 is 2.47 bits per heavy atom. The van der Waals surface area contributed by atoms with Gasteiger partial charge in [-0.05, 0) is 26.3 Å². The predicted octanol–water partition coefficient (Wildman–Crippen LogP) is 1.99. The lowest BCUT2D eigenvalue weighted by atomic mass is 10.0. The Labute approximate surface area is 208 Å². The smallest absolute Gasteiger partial charge is 0.411 e. The van der Waals surface area contributed by atoms with Crippen LogP contribution in [0.3, 0.4) is 0 Å². The Morgan fingerprint density at radius 1 is 1.11 bits per heavy atom. The normalized spacial score (nSPS) is 22.2. The Kier molecular flexibility index (Phi) is 7.46. The highest BCUT2D eigenvalue weighted by molar-refractivity contribution is 5.85. The van der Waals surface area contributed by atoms with Crippen molar-refractivity contribution in [1.29, 1.82) is 0 Å². The molecule has 3 heterocycles. The summed E-state index contributed by atoms with van der Waals surface area (Å²) in [6.07, 6.45) is -0.572. The lowest BCUT2D eigenvalue weighted by Crippen LogP contribution is -2.45. The number of nitrogens with zero attached hydrogens (tertiary/aromatic N) is 4. The minimum Gasteiger partial charge on any atom is -0.479 e. The van der Waals surface area contributed by atoms with Crippen LogP contribution in [0.25, 0.3) is 11.0 Å². The van der Waals surface area contributed by atoms with Crippen LogP contribution in [0.5, 0.6) is 5.88 Å². The number of aromatic nitrogens is 3. The van der Waals surface area contributed by atoms with Crippen LogP contribution in [0.15, 0.2) is 42.9 Å². The van der Waals surface area contributed by atoms with E-state index in [0.717, 1.165) is 5.56 Å². The van der Waals surface area contributed by atoms with Crippen LogP contribution in [0, 0.1) is 0 Å². The highest BCUT2D eigenvalue weighted by atomic mass is 16.6. The number of fused-ring (bicyclic) bond motifs is 1. The summed E-state index contributed by atoms with van der Waals surface area (Å²) in [6.45, 7) is 5.04. The number of rotatable bonds is 7. The zero-order chi connectivity index (χ0) is 26.0. The minimum absolute atomic E-state index is 0.108. The molecule has 11 nitrogen and oxygen atoms in total. The standard InChI is InChI=1S/C25H32N4O7/c1-25(2,3)36-24(33)29-17(11-30)21(31)22(32)19(29)16-10-28(14-35-12-15-8-6-5-7-9-15)20-18(16)26-13-27-23(20)34-4/h5-10,13,17,19,21-22,30-32H,11-12,14H2,1-4H3/t17-,19+,21-,22+/m1/s1. The van der Waals surface area contributed by atoms with Crippen LogP contribution in [-0.4, -0.2) is 78.4 Å². The quantitative estimate of drug-likeness (QED) is 0.444. The molecule has 1 fully saturated rings. The Hall–Kier alpha value is -3.25. The minimum atomic E-state index is -1.40. The van der Waals surface area contributed by atoms with Crippen LogP contribution < -0.4 is 4.74 Å². The molecule has 0 unspecified atom stereocenters. The van der Waals surface area contributed by atoms with Gasteiger partial charge in [0.1, 0.15) is 41.9 Å². The first kappa shape index (κ1) is 25.8. The van der Waals surface area contributed by atoms with Crippen molar-refractivity contribution in [3.05, 3.63) is 54.0 Å². The van der Waals surface area contributed by atoms with Crippen molar-refractivity contribution in [3.8, 4) is 5.88 Å². The zero-order valence-electron chi connectivity index (χ0n) is 20.7. The summed E-state index contributed by atoms with van der Waals surface area (Å²) >= 11 is 0. The molecule has 194 valence electrons. The number of carbonyl (C=O) groups excluding carboxylic acids is 1. The Bertz CT molecular complexity index is 1190. The predicted molar refractivity (Wildman–Crippen MR) is 129 cm³/mol. The second-order valence-electron chi connectivity index (χ2n) is 9.66. The highest BCUT2D eigenvalue weighted by Gasteiger charge is 2.52. The number of likely N-dealkylation sites (tertiary alicyclic amines) is 1. The number of ether oxygens (including phenoxy) is 3. The molecule has 4 atom stereocenters. The first-order valence-corrected chi connectivity index (χ1v) is 11.6. The molecule has 0 aliphatic carbocycles. The molecule has 4 rings (SSSR count). The SMILES string of the molecule is COc1ncnc2c([C@H]3[C@H](O)[C@H](O)[C@@H](CO)N3C(=O)OC(C)(C)C)cn(COCc3ccccc3)c12. The number of methoxy groups -OCH3 is 1. The van der Waals surface area contributed by atoms with Crippen molar-refractivity contribution < 1.29 is 34.3 Å². The molecule has 2 aromatic heterocycles. The molecule has 0 bridgehead atoms. The molecule has 1 amide bonds. The average Bonchev–Trinajstić information content (AvgIpc) is 3.33. The number of hydrogen-bond acceptors (Lipinski definition) is 9. The van der Waals surface area contributed by atoms with E-state index in [4.69, 9.17) is 14.2 Å². The lowest BCUT2D eigenvalue weighted by Gasteiger charge is -2.32. The van der Waals surface area contributed by atoms with Gasteiger partial charge in [-0.2, -0.15) is 4.98 Å².